The number of fused-ring (bicyclic) bond motifs is 1. The van der Waals surface area contributed by atoms with Crippen LogP contribution in [0, 0.1) is 11.8 Å². The number of hydrogen-bond acceptors (Lipinski definition) is 5. The van der Waals surface area contributed by atoms with Crippen molar-refractivity contribution in [2.45, 2.75) is 44.6 Å². The highest BCUT2D eigenvalue weighted by molar-refractivity contribution is 6.35. The zero-order chi connectivity index (χ0) is 26.4. The number of aliphatic hydroxyl groups is 1. The Bertz CT molecular complexity index is 1200. The maximum atomic E-state index is 11.6. The molecule has 2 N–H and O–H groups in total. The van der Waals surface area contributed by atoms with Gasteiger partial charge in [0.1, 0.15) is 5.75 Å². The van der Waals surface area contributed by atoms with Crippen molar-refractivity contribution in [3.8, 4) is 5.75 Å². The summed E-state index contributed by atoms with van der Waals surface area (Å²) in [7, 11) is 1.62. The summed E-state index contributed by atoms with van der Waals surface area (Å²) in [5, 5.41) is 22.9. The average Bonchev–Trinajstić information content (AvgIpc) is 2.88. The standard InChI is InChI=1S/C29H34Cl2N2O4/c1-37-21-8-9-27-24(17-21)22(11-13-32-27)28(34)10-7-19-12-15-33(18-20(19)16-29(35)36)14-3-4-23-25(30)5-2-6-26(23)31/h2,5-6,8-9,11,13,17,19-20,28,34H,3-4,7,10,12,14-16,18H2,1H3,(H,35,36)/t19-,20+,28+/m1/s1. The van der Waals surface area contributed by atoms with Crippen molar-refractivity contribution in [2.75, 3.05) is 26.7 Å². The number of rotatable bonds is 11. The number of carbonyl (C=O) groups is 1. The molecule has 2 aromatic carbocycles. The Kier molecular flexibility index (Phi) is 9.65. The number of benzene rings is 2. The molecule has 4 rings (SSSR count). The van der Waals surface area contributed by atoms with Gasteiger partial charge in [-0.1, -0.05) is 29.3 Å². The molecule has 1 fully saturated rings. The van der Waals surface area contributed by atoms with E-state index in [1.807, 2.05) is 42.5 Å². The highest BCUT2D eigenvalue weighted by atomic mass is 35.5. The van der Waals surface area contributed by atoms with Crippen LogP contribution in [0.5, 0.6) is 5.75 Å². The molecular formula is C29H34Cl2N2O4. The number of ether oxygens (including phenoxy) is 1. The predicted octanol–water partition coefficient (Wildman–Crippen LogP) is 6.41. The quantitative estimate of drug-likeness (QED) is 0.290. The number of aliphatic carboxylic acids is 1. The van der Waals surface area contributed by atoms with Crippen molar-refractivity contribution in [1.82, 2.24) is 9.88 Å². The number of methoxy groups -OCH3 is 1. The molecule has 0 unspecified atom stereocenters. The van der Waals surface area contributed by atoms with Crippen molar-refractivity contribution in [2.24, 2.45) is 11.8 Å². The van der Waals surface area contributed by atoms with Gasteiger partial charge in [-0.2, -0.15) is 0 Å². The van der Waals surface area contributed by atoms with Crippen molar-refractivity contribution < 1.29 is 19.7 Å². The molecule has 2 heterocycles. The molecule has 0 saturated carbocycles. The Morgan fingerprint density at radius 2 is 1.97 bits per heavy atom. The van der Waals surface area contributed by atoms with Crippen LogP contribution >= 0.6 is 23.2 Å². The molecule has 6 nitrogen and oxygen atoms in total. The van der Waals surface area contributed by atoms with Crippen LogP contribution in [0.1, 0.15) is 49.3 Å². The lowest BCUT2D eigenvalue weighted by atomic mass is 9.79. The first-order chi connectivity index (χ1) is 17.9. The van der Waals surface area contributed by atoms with Crippen LogP contribution in [0.15, 0.2) is 48.7 Å². The highest BCUT2D eigenvalue weighted by Gasteiger charge is 2.31. The van der Waals surface area contributed by atoms with Gasteiger partial charge in [0.25, 0.3) is 0 Å². The van der Waals surface area contributed by atoms with Gasteiger partial charge >= 0.3 is 5.97 Å². The Labute approximate surface area is 228 Å². The van der Waals surface area contributed by atoms with E-state index in [-0.39, 0.29) is 18.3 Å². The fourth-order valence-electron chi connectivity index (χ4n) is 5.54. The van der Waals surface area contributed by atoms with Gasteiger partial charge in [0.2, 0.25) is 0 Å². The molecule has 1 saturated heterocycles. The molecule has 0 spiro atoms. The van der Waals surface area contributed by atoms with Gasteiger partial charge in [-0.05, 0) is 105 Å². The third-order valence-electron chi connectivity index (χ3n) is 7.53. The lowest BCUT2D eigenvalue weighted by molar-refractivity contribution is -0.139. The van der Waals surface area contributed by atoms with E-state index < -0.39 is 12.1 Å². The van der Waals surface area contributed by atoms with Crippen LogP contribution in [-0.4, -0.2) is 52.8 Å². The third-order valence-corrected chi connectivity index (χ3v) is 8.24. The number of hydrogen-bond donors (Lipinski definition) is 2. The maximum absolute atomic E-state index is 11.6. The molecule has 0 bridgehead atoms. The summed E-state index contributed by atoms with van der Waals surface area (Å²) in [5.74, 6) is 0.256. The average molecular weight is 546 g/mol. The first-order valence-electron chi connectivity index (χ1n) is 12.8. The third kappa shape index (κ3) is 7.14. The summed E-state index contributed by atoms with van der Waals surface area (Å²) in [4.78, 5) is 18.4. The Morgan fingerprint density at radius 3 is 2.70 bits per heavy atom. The van der Waals surface area contributed by atoms with E-state index in [9.17, 15) is 15.0 Å². The smallest absolute Gasteiger partial charge is 0.303 e. The second-order valence-corrected chi connectivity index (χ2v) is 10.7. The van der Waals surface area contributed by atoms with Crippen molar-refractivity contribution in [1.29, 1.82) is 0 Å². The first-order valence-corrected chi connectivity index (χ1v) is 13.6. The molecule has 0 aliphatic carbocycles. The van der Waals surface area contributed by atoms with Crippen LogP contribution in [0.25, 0.3) is 10.9 Å². The Hall–Kier alpha value is -2.38. The van der Waals surface area contributed by atoms with Gasteiger partial charge in [-0.3, -0.25) is 9.78 Å². The van der Waals surface area contributed by atoms with E-state index >= 15 is 0 Å². The van der Waals surface area contributed by atoms with E-state index in [0.717, 1.165) is 73.1 Å². The zero-order valence-electron chi connectivity index (χ0n) is 21.1. The summed E-state index contributed by atoms with van der Waals surface area (Å²) in [5.41, 5.74) is 2.61. The molecule has 1 aliphatic heterocycles. The summed E-state index contributed by atoms with van der Waals surface area (Å²) in [6, 6.07) is 13.1. The topological polar surface area (TPSA) is 82.9 Å². The second kappa shape index (κ2) is 12.9. The first kappa shape index (κ1) is 27.6. The van der Waals surface area contributed by atoms with Gasteiger partial charge in [-0.25, -0.2) is 0 Å². The normalized spacial score (nSPS) is 19.1. The SMILES string of the molecule is COc1ccc2nccc([C@@H](O)CC[C@@H]3CCN(CCCc4c(Cl)cccc4Cl)C[C@@H]3CC(=O)O)c2c1. The molecule has 3 atom stereocenters. The van der Waals surface area contributed by atoms with Crippen molar-refractivity contribution >= 4 is 40.1 Å². The van der Waals surface area contributed by atoms with Crippen LogP contribution < -0.4 is 4.74 Å². The minimum Gasteiger partial charge on any atom is -0.497 e. The largest absolute Gasteiger partial charge is 0.497 e. The number of pyridine rings is 1. The Morgan fingerprint density at radius 1 is 1.19 bits per heavy atom. The summed E-state index contributed by atoms with van der Waals surface area (Å²) >= 11 is 12.6. The lowest BCUT2D eigenvalue weighted by Gasteiger charge is -2.38. The number of nitrogens with zero attached hydrogens (tertiary/aromatic N) is 2. The van der Waals surface area contributed by atoms with E-state index in [2.05, 4.69) is 9.88 Å². The van der Waals surface area contributed by atoms with E-state index in [1.54, 1.807) is 13.3 Å². The fourth-order valence-corrected chi connectivity index (χ4v) is 6.12. The summed E-state index contributed by atoms with van der Waals surface area (Å²) < 4.78 is 5.36. The predicted molar refractivity (Wildman–Crippen MR) is 148 cm³/mol. The van der Waals surface area contributed by atoms with Crippen LogP contribution in [0.2, 0.25) is 10.0 Å². The highest BCUT2D eigenvalue weighted by Crippen LogP contribution is 2.35. The van der Waals surface area contributed by atoms with E-state index in [0.29, 0.717) is 16.5 Å². The molecule has 1 aromatic heterocycles. The molecule has 37 heavy (non-hydrogen) atoms. The van der Waals surface area contributed by atoms with Crippen LogP contribution in [0.3, 0.4) is 0 Å². The van der Waals surface area contributed by atoms with Crippen LogP contribution in [0.4, 0.5) is 0 Å². The van der Waals surface area contributed by atoms with Gasteiger partial charge in [0, 0.05) is 34.6 Å². The van der Waals surface area contributed by atoms with E-state index in [4.69, 9.17) is 27.9 Å². The van der Waals surface area contributed by atoms with Gasteiger partial charge in [0.15, 0.2) is 0 Å². The maximum Gasteiger partial charge on any atom is 0.303 e. The molecular weight excluding hydrogens is 511 g/mol. The van der Waals surface area contributed by atoms with Crippen molar-refractivity contribution in [3.63, 3.8) is 0 Å². The number of aromatic nitrogens is 1. The number of carboxylic acids is 1. The molecule has 198 valence electrons. The van der Waals surface area contributed by atoms with E-state index in [1.165, 1.54) is 0 Å². The van der Waals surface area contributed by atoms with Gasteiger partial charge in [-0.15, -0.1) is 0 Å². The number of carboxylic acid groups (broad SMARTS) is 1. The number of aliphatic hydroxyl groups excluding tert-OH is 1. The monoisotopic (exact) mass is 544 g/mol. The Balaban J connectivity index is 1.35. The summed E-state index contributed by atoms with van der Waals surface area (Å²) in [6.07, 6.45) is 5.17. The van der Waals surface area contributed by atoms with Gasteiger partial charge in [0.05, 0.1) is 18.7 Å². The molecule has 0 amide bonds. The van der Waals surface area contributed by atoms with Crippen molar-refractivity contribution in [3.05, 3.63) is 69.8 Å². The number of likely N-dealkylation sites (tertiary alicyclic amines) is 1. The molecule has 0 radical (unpaired) electrons. The molecule has 8 heteroatoms. The minimum atomic E-state index is -0.771. The molecule has 3 aromatic rings. The zero-order valence-corrected chi connectivity index (χ0v) is 22.6. The minimum absolute atomic E-state index is 0.0524. The number of halogens is 2. The lowest BCUT2D eigenvalue weighted by Crippen LogP contribution is -2.42. The van der Waals surface area contributed by atoms with Gasteiger partial charge < -0.3 is 19.8 Å². The second-order valence-electron chi connectivity index (χ2n) is 9.89. The number of piperidine rings is 1. The fraction of sp³-hybridized carbons (Fsp3) is 0.448. The van der Waals surface area contributed by atoms with Crippen LogP contribution in [-0.2, 0) is 11.2 Å². The summed E-state index contributed by atoms with van der Waals surface area (Å²) in [6.45, 7) is 2.54. The molecule has 1 aliphatic rings.